The first-order chi connectivity index (χ1) is 12.7. The summed E-state index contributed by atoms with van der Waals surface area (Å²) in [5.41, 5.74) is 1.85. The van der Waals surface area contributed by atoms with Crippen molar-refractivity contribution in [3.63, 3.8) is 0 Å². The van der Waals surface area contributed by atoms with Crippen molar-refractivity contribution in [1.82, 2.24) is 20.1 Å². The molecule has 0 spiro atoms. The van der Waals surface area contributed by atoms with E-state index in [0.717, 1.165) is 11.1 Å². The number of nitrogens with zero attached hydrogens (tertiary/aromatic N) is 2. The zero-order valence-corrected chi connectivity index (χ0v) is 15.7. The van der Waals surface area contributed by atoms with Crippen molar-refractivity contribution < 1.29 is 18.0 Å². The van der Waals surface area contributed by atoms with Crippen LogP contribution >= 0.6 is 12.2 Å². The van der Waals surface area contributed by atoms with Gasteiger partial charge in [-0.1, -0.05) is 30.2 Å². The summed E-state index contributed by atoms with van der Waals surface area (Å²) in [6, 6.07) is 7.14. The quantitative estimate of drug-likeness (QED) is 0.761. The number of aromatic amines is 1. The van der Waals surface area contributed by atoms with Crippen LogP contribution in [0.1, 0.15) is 31.2 Å². The molecule has 0 saturated heterocycles. The molecule has 1 heterocycles. The fourth-order valence-electron chi connectivity index (χ4n) is 3.50. The molecule has 3 rings (SSSR count). The molecule has 1 aliphatic rings. The van der Waals surface area contributed by atoms with E-state index in [4.69, 9.17) is 12.2 Å². The maximum atomic E-state index is 12.9. The molecule has 1 aromatic carbocycles. The Kier molecular flexibility index (Phi) is 5.69. The second-order valence-corrected chi connectivity index (χ2v) is 7.36. The Bertz CT molecular complexity index is 874. The van der Waals surface area contributed by atoms with E-state index in [2.05, 4.69) is 15.5 Å². The molecule has 0 bridgehead atoms. The maximum absolute atomic E-state index is 12.9. The Hall–Kier alpha value is -2.16. The van der Waals surface area contributed by atoms with E-state index in [0.29, 0.717) is 23.4 Å². The number of nitrogens with one attached hydrogen (secondary N) is 2. The highest BCUT2D eigenvalue weighted by molar-refractivity contribution is 7.71. The number of benzene rings is 1. The number of hydrogen-bond donors (Lipinski definition) is 2. The molecular formula is C18H21F3N4OS. The van der Waals surface area contributed by atoms with Crippen LogP contribution in [0.25, 0.3) is 11.4 Å². The lowest BCUT2D eigenvalue weighted by Crippen LogP contribution is -2.42. The molecule has 0 radical (unpaired) electrons. The van der Waals surface area contributed by atoms with Crippen LogP contribution < -0.4 is 5.32 Å². The number of alkyl halides is 3. The number of halogens is 3. The van der Waals surface area contributed by atoms with Crippen LogP contribution in [-0.2, 0) is 11.3 Å². The van der Waals surface area contributed by atoms with Crippen LogP contribution in [0.3, 0.4) is 0 Å². The number of rotatable bonds is 4. The van der Waals surface area contributed by atoms with E-state index < -0.39 is 18.1 Å². The first-order valence-corrected chi connectivity index (χ1v) is 9.23. The highest BCUT2D eigenvalue weighted by atomic mass is 32.1. The molecule has 1 aliphatic carbocycles. The average molecular weight is 398 g/mol. The zero-order chi connectivity index (χ0) is 19.6. The summed E-state index contributed by atoms with van der Waals surface area (Å²) in [6.45, 7) is 1.85. The first-order valence-electron chi connectivity index (χ1n) is 8.82. The van der Waals surface area contributed by atoms with Crippen molar-refractivity contribution in [3.8, 4) is 11.4 Å². The third kappa shape index (κ3) is 4.77. The van der Waals surface area contributed by atoms with Gasteiger partial charge in [0.1, 0.15) is 6.54 Å². The molecule has 2 aromatic rings. The predicted octanol–water partition coefficient (Wildman–Crippen LogP) is 4.15. The second kappa shape index (κ2) is 7.84. The molecule has 5 nitrogen and oxygen atoms in total. The van der Waals surface area contributed by atoms with Gasteiger partial charge in [0.05, 0.1) is 5.92 Å². The Morgan fingerprint density at radius 3 is 2.89 bits per heavy atom. The number of amides is 1. The van der Waals surface area contributed by atoms with Gasteiger partial charge in [-0.15, -0.1) is 0 Å². The summed E-state index contributed by atoms with van der Waals surface area (Å²) in [5.74, 6) is -1.19. The van der Waals surface area contributed by atoms with Crippen molar-refractivity contribution in [2.45, 2.75) is 51.4 Å². The Labute approximate surface area is 160 Å². The van der Waals surface area contributed by atoms with Crippen LogP contribution in [0, 0.1) is 17.6 Å². The van der Waals surface area contributed by atoms with E-state index >= 15 is 0 Å². The monoisotopic (exact) mass is 398 g/mol. The normalized spacial score (nSPS) is 20.4. The topological polar surface area (TPSA) is 62.7 Å². The number of hydrogen-bond acceptors (Lipinski definition) is 3. The van der Waals surface area contributed by atoms with Crippen molar-refractivity contribution in [3.05, 3.63) is 34.6 Å². The highest BCUT2D eigenvalue weighted by Gasteiger charge is 2.42. The van der Waals surface area contributed by atoms with Gasteiger partial charge in [0.25, 0.3) is 0 Å². The molecule has 2 atom stereocenters. The van der Waals surface area contributed by atoms with Gasteiger partial charge in [-0.3, -0.25) is 14.5 Å². The van der Waals surface area contributed by atoms with Crippen molar-refractivity contribution in [2.24, 2.45) is 5.92 Å². The smallest absolute Gasteiger partial charge is 0.352 e. The van der Waals surface area contributed by atoms with E-state index in [1.54, 1.807) is 4.57 Å². The maximum Gasteiger partial charge on any atom is 0.391 e. The van der Waals surface area contributed by atoms with Crippen LogP contribution in [0.2, 0.25) is 0 Å². The lowest BCUT2D eigenvalue weighted by atomic mass is 9.85. The number of carbonyl (C=O) groups is 1. The standard InChI is InChI=1S/C18H21F3N4OS/c1-11-4-2-5-12(8-11)16-23-24-17(27)25(16)10-15(26)22-14-7-3-6-13(9-14)18(19,20)21/h2,4-5,8,13-14H,3,6-7,9-10H2,1H3,(H,22,26)(H,24,27)/t13-,14+/m0/s1. The largest absolute Gasteiger partial charge is 0.391 e. The van der Waals surface area contributed by atoms with Crippen molar-refractivity contribution >= 4 is 18.1 Å². The van der Waals surface area contributed by atoms with Crippen LogP contribution in [0.5, 0.6) is 0 Å². The van der Waals surface area contributed by atoms with E-state index in [1.807, 2.05) is 31.2 Å². The summed E-state index contributed by atoms with van der Waals surface area (Å²) in [7, 11) is 0. The SMILES string of the molecule is Cc1cccc(-c2n[nH]c(=S)n2CC(=O)N[C@@H]2CCC[C@H](C(F)(F)F)C2)c1. The van der Waals surface area contributed by atoms with Crippen LogP contribution in [-0.4, -0.2) is 32.9 Å². The first kappa shape index (κ1) is 19.6. The molecule has 1 amide bonds. The number of carbonyl (C=O) groups excluding carboxylic acids is 1. The number of aryl methyl sites for hydroxylation is 1. The predicted molar refractivity (Wildman–Crippen MR) is 97.5 cm³/mol. The van der Waals surface area contributed by atoms with E-state index in [-0.39, 0.29) is 25.3 Å². The molecule has 0 unspecified atom stereocenters. The van der Waals surface area contributed by atoms with E-state index in [9.17, 15) is 18.0 Å². The van der Waals surface area contributed by atoms with Crippen LogP contribution in [0.4, 0.5) is 13.2 Å². The molecule has 1 fully saturated rings. The minimum atomic E-state index is -4.21. The summed E-state index contributed by atoms with van der Waals surface area (Å²) in [5, 5.41) is 9.60. The minimum Gasteiger partial charge on any atom is -0.352 e. The third-order valence-corrected chi connectivity index (χ3v) is 5.15. The molecule has 146 valence electrons. The molecule has 0 aliphatic heterocycles. The molecule has 27 heavy (non-hydrogen) atoms. The fourth-order valence-corrected chi connectivity index (χ4v) is 3.70. The zero-order valence-electron chi connectivity index (χ0n) is 14.8. The summed E-state index contributed by atoms with van der Waals surface area (Å²) >= 11 is 5.21. The third-order valence-electron chi connectivity index (χ3n) is 4.84. The van der Waals surface area contributed by atoms with Gasteiger partial charge in [0, 0.05) is 11.6 Å². The van der Waals surface area contributed by atoms with Crippen LogP contribution in [0.15, 0.2) is 24.3 Å². The molecule has 1 saturated carbocycles. The molecule has 2 N–H and O–H groups in total. The average Bonchev–Trinajstić information content (AvgIpc) is 2.95. The lowest BCUT2D eigenvalue weighted by Gasteiger charge is -2.31. The molecule has 9 heteroatoms. The van der Waals surface area contributed by atoms with E-state index in [1.165, 1.54) is 0 Å². The molecular weight excluding hydrogens is 377 g/mol. The van der Waals surface area contributed by atoms with Crippen molar-refractivity contribution in [2.75, 3.05) is 0 Å². The summed E-state index contributed by atoms with van der Waals surface area (Å²) < 4.78 is 40.7. The van der Waals surface area contributed by atoms with Gasteiger partial charge >= 0.3 is 6.18 Å². The second-order valence-electron chi connectivity index (χ2n) is 6.98. The Morgan fingerprint density at radius 2 is 2.19 bits per heavy atom. The molecule has 1 aromatic heterocycles. The Morgan fingerprint density at radius 1 is 1.41 bits per heavy atom. The fraction of sp³-hybridized carbons (Fsp3) is 0.500. The van der Waals surface area contributed by atoms with Gasteiger partial charge in [0.2, 0.25) is 5.91 Å². The summed E-state index contributed by atoms with van der Waals surface area (Å²) in [4.78, 5) is 12.4. The van der Waals surface area contributed by atoms with Gasteiger partial charge < -0.3 is 5.32 Å². The highest BCUT2D eigenvalue weighted by Crippen LogP contribution is 2.37. The van der Waals surface area contributed by atoms with Gasteiger partial charge in [-0.25, -0.2) is 0 Å². The number of H-pyrrole nitrogens is 1. The number of aromatic nitrogens is 3. The lowest BCUT2D eigenvalue weighted by molar-refractivity contribution is -0.184. The van der Waals surface area contributed by atoms with Gasteiger partial charge in [0.15, 0.2) is 10.6 Å². The minimum absolute atomic E-state index is 0.0727. The summed E-state index contributed by atoms with van der Waals surface area (Å²) in [6.07, 6.45) is -3.15. The van der Waals surface area contributed by atoms with Gasteiger partial charge in [-0.05, 0) is 44.5 Å². The van der Waals surface area contributed by atoms with Gasteiger partial charge in [-0.2, -0.15) is 18.3 Å². The Balaban J connectivity index is 1.70. The van der Waals surface area contributed by atoms with Crippen molar-refractivity contribution in [1.29, 1.82) is 0 Å².